The molecule has 0 atom stereocenters. The third-order valence-corrected chi connectivity index (χ3v) is 4.73. The fraction of sp³-hybridized carbons (Fsp3) is 0.400. The van der Waals surface area contributed by atoms with Crippen LogP contribution in [0.25, 0.3) is 11.0 Å². The zero-order chi connectivity index (χ0) is 24.9. The highest BCUT2D eigenvalue weighted by molar-refractivity contribution is 7.87. The number of carbonyl (C=O) groups excluding carboxylic acids is 1. The molecule has 0 spiro atoms. The molecule has 0 unspecified atom stereocenters. The van der Waals surface area contributed by atoms with Crippen LogP contribution >= 0.6 is 0 Å². The molecule has 14 heteroatoms. The molecule has 3 rings (SSSR count). The number of fused-ring (bicyclic) bond motifs is 1. The first-order chi connectivity index (χ1) is 15.9. The number of aromatic nitrogens is 4. The molecule has 1 aromatic carbocycles. The van der Waals surface area contributed by atoms with Crippen LogP contribution in [0, 0.1) is 0 Å². The van der Waals surface area contributed by atoms with E-state index in [0.717, 1.165) is 5.56 Å². The summed E-state index contributed by atoms with van der Waals surface area (Å²) >= 11 is 0. The lowest BCUT2D eigenvalue weighted by molar-refractivity contribution is 0.0519. The van der Waals surface area contributed by atoms with Gasteiger partial charge < -0.3 is 20.1 Å². The lowest BCUT2D eigenvalue weighted by atomic mass is 10.2. The van der Waals surface area contributed by atoms with Crippen molar-refractivity contribution < 1.29 is 27.2 Å². The second-order valence-corrected chi connectivity index (χ2v) is 9.42. The molecule has 3 aromatic rings. The summed E-state index contributed by atoms with van der Waals surface area (Å²) in [6, 6.07) is 6.55. The maximum atomic E-state index is 11.7. The first kappa shape index (κ1) is 25.0. The molecule has 184 valence electrons. The Bertz CT molecular complexity index is 1250. The fourth-order valence-corrected chi connectivity index (χ4v) is 3.27. The first-order valence-corrected chi connectivity index (χ1v) is 11.7. The number of hydrogen-bond donors (Lipinski definition) is 4. The van der Waals surface area contributed by atoms with Gasteiger partial charge in [0.05, 0.1) is 23.8 Å². The number of ether oxygens (including phenoxy) is 2. The van der Waals surface area contributed by atoms with Crippen molar-refractivity contribution in [1.29, 1.82) is 0 Å². The van der Waals surface area contributed by atoms with Gasteiger partial charge in [0.2, 0.25) is 0 Å². The highest BCUT2D eigenvalue weighted by Crippen LogP contribution is 2.23. The van der Waals surface area contributed by atoms with Crippen molar-refractivity contribution in [1.82, 2.24) is 25.1 Å². The number of hydrogen-bond acceptors (Lipinski definition) is 9. The summed E-state index contributed by atoms with van der Waals surface area (Å²) in [7, 11) is -2.59. The number of rotatable bonds is 9. The Labute approximate surface area is 196 Å². The second kappa shape index (κ2) is 10.1. The Morgan fingerprint density at radius 1 is 1.18 bits per heavy atom. The molecule has 13 nitrogen and oxygen atoms in total. The molecule has 1 amide bonds. The number of benzene rings is 1. The summed E-state index contributed by atoms with van der Waals surface area (Å²) in [6.07, 6.45) is 1.09. The minimum Gasteiger partial charge on any atom is -0.461 e. The Morgan fingerprint density at radius 3 is 2.53 bits per heavy atom. The predicted molar refractivity (Wildman–Crippen MR) is 125 cm³/mol. The minimum atomic E-state index is -4.33. The van der Waals surface area contributed by atoms with Gasteiger partial charge in [-0.15, -0.1) is 0 Å². The molecule has 0 aliphatic heterocycles. The Kier molecular flexibility index (Phi) is 7.41. The molecule has 0 fully saturated rings. The summed E-state index contributed by atoms with van der Waals surface area (Å²) in [5.74, 6) is 0.494. The van der Waals surface area contributed by atoms with E-state index in [2.05, 4.69) is 25.7 Å². The van der Waals surface area contributed by atoms with Crippen molar-refractivity contribution in [2.75, 3.05) is 23.2 Å². The van der Waals surface area contributed by atoms with Crippen LogP contribution in [-0.4, -0.2) is 57.6 Å². The van der Waals surface area contributed by atoms with Crippen LogP contribution in [0.15, 0.2) is 30.5 Å². The average molecular weight is 494 g/mol. The van der Waals surface area contributed by atoms with E-state index in [4.69, 9.17) is 14.0 Å². The predicted octanol–water partition coefficient (Wildman–Crippen LogP) is 2.09. The van der Waals surface area contributed by atoms with Gasteiger partial charge in [0.15, 0.2) is 5.65 Å². The topological polar surface area (TPSA) is 170 Å². The van der Waals surface area contributed by atoms with Crippen molar-refractivity contribution in [3.8, 4) is 6.01 Å². The number of amides is 1. The molecule has 34 heavy (non-hydrogen) atoms. The molecule has 0 aliphatic rings. The van der Waals surface area contributed by atoms with Crippen LogP contribution in [0.5, 0.6) is 6.01 Å². The van der Waals surface area contributed by atoms with Gasteiger partial charge in [0.25, 0.3) is 0 Å². The summed E-state index contributed by atoms with van der Waals surface area (Å²) in [5.41, 5.74) is 1.03. The van der Waals surface area contributed by atoms with E-state index in [1.165, 1.54) is 12.1 Å². The quantitative estimate of drug-likeness (QED) is 0.256. The van der Waals surface area contributed by atoms with E-state index in [-0.39, 0.29) is 24.8 Å². The molecular formula is C20H27N7O6S. The highest BCUT2D eigenvalue weighted by Gasteiger charge is 2.16. The smallest absolute Gasteiger partial charge is 0.407 e. The largest absolute Gasteiger partial charge is 0.461 e. The maximum absolute atomic E-state index is 11.7. The molecule has 0 bridgehead atoms. The molecule has 0 aliphatic carbocycles. The monoisotopic (exact) mass is 493 g/mol. The lowest BCUT2D eigenvalue weighted by Crippen LogP contribution is -2.34. The van der Waals surface area contributed by atoms with Gasteiger partial charge in [-0.3, -0.25) is 14.0 Å². The average Bonchev–Trinajstić information content (AvgIpc) is 3.09. The zero-order valence-electron chi connectivity index (χ0n) is 19.2. The number of alkyl carbamates (subject to hydrolysis) is 1. The van der Waals surface area contributed by atoms with E-state index in [1.807, 2.05) is 4.72 Å². The van der Waals surface area contributed by atoms with Gasteiger partial charge in [0, 0.05) is 13.6 Å². The van der Waals surface area contributed by atoms with E-state index in [9.17, 15) is 13.2 Å². The standard InChI is InChI=1S/C20H27N7O6S/c1-20(2,3)33-19(28)21-9-10-32-18-24-16(15-12-23-27(4)17(15)25-18)22-11-13-5-7-14(8-6-13)26-34(29,30)31/h5-8,12,26H,9-11H2,1-4H3,(H,21,28)(H,22,24,25)(H,29,30,31). The van der Waals surface area contributed by atoms with Crippen LogP contribution in [0.3, 0.4) is 0 Å². The fourth-order valence-electron chi connectivity index (χ4n) is 2.84. The summed E-state index contributed by atoms with van der Waals surface area (Å²) in [5, 5.41) is 10.7. The van der Waals surface area contributed by atoms with Gasteiger partial charge in [-0.25, -0.2) is 4.79 Å². The summed E-state index contributed by atoms with van der Waals surface area (Å²) < 4.78 is 45.0. The van der Waals surface area contributed by atoms with Crippen molar-refractivity contribution >= 4 is 38.9 Å². The minimum absolute atomic E-state index is 0.109. The molecule has 0 saturated heterocycles. The second-order valence-electron chi connectivity index (χ2n) is 8.26. The third-order valence-electron chi connectivity index (χ3n) is 4.23. The van der Waals surface area contributed by atoms with Crippen LogP contribution < -0.4 is 20.1 Å². The Hall–Kier alpha value is -3.65. The Morgan fingerprint density at radius 2 is 1.88 bits per heavy atom. The van der Waals surface area contributed by atoms with Crippen LogP contribution in [0.4, 0.5) is 16.3 Å². The maximum Gasteiger partial charge on any atom is 0.407 e. The van der Waals surface area contributed by atoms with Crippen molar-refractivity contribution in [3.63, 3.8) is 0 Å². The number of nitrogens with zero attached hydrogens (tertiary/aromatic N) is 4. The zero-order valence-corrected chi connectivity index (χ0v) is 20.0. The van der Waals surface area contributed by atoms with E-state index < -0.39 is 22.0 Å². The van der Waals surface area contributed by atoms with E-state index >= 15 is 0 Å². The van der Waals surface area contributed by atoms with Gasteiger partial charge in [-0.05, 0) is 38.5 Å². The molecule has 0 saturated carbocycles. The van der Waals surface area contributed by atoms with Crippen LogP contribution in [-0.2, 0) is 28.6 Å². The SMILES string of the molecule is Cn1ncc2c(NCc3ccc(NS(=O)(=O)O)cc3)nc(OCCNC(=O)OC(C)(C)C)nc21. The molecule has 2 aromatic heterocycles. The molecule has 2 heterocycles. The van der Waals surface area contributed by atoms with Gasteiger partial charge in [-0.2, -0.15) is 23.5 Å². The summed E-state index contributed by atoms with van der Waals surface area (Å²) in [6.45, 7) is 6.03. The van der Waals surface area contributed by atoms with Gasteiger partial charge >= 0.3 is 22.4 Å². The lowest BCUT2D eigenvalue weighted by Gasteiger charge is -2.19. The van der Waals surface area contributed by atoms with Crippen LogP contribution in [0.2, 0.25) is 0 Å². The number of aryl methyl sites for hydroxylation is 1. The van der Waals surface area contributed by atoms with Gasteiger partial charge in [-0.1, -0.05) is 12.1 Å². The number of anilines is 2. The summed E-state index contributed by atoms with van der Waals surface area (Å²) in [4.78, 5) is 20.5. The number of nitrogens with one attached hydrogen (secondary N) is 3. The first-order valence-electron chi connectivity index (χ1n) is 10.3. The molecule has 4 N–H and O–H groups in total. The third kappa shape index (κ3) is 7.45. The van der Waals surface area contributed by atoms with Crippen molar-refractivity contribution in [2.45, 2.75) is 32.9 Å². The van der Waals surface area contributed by atoms with E-state index in [0.29, 0.717) is 23.4 Å². The van der Waals surface area contributed by atoms with Crippen molar-refractivity contribution in [2.24, 2.45) is 7.05 Å². The molecular weight excluding hydrogens is 466 g/mol. The van der Waals surface area contributed by atoms with Crippen molar-refractivity contribution in [3.05, 3.63) is 36.0 Å². The number of carbonyl (C=O) groups is 1. The normalized spacial score (nSPS) is 11.8. The molecule has 0 radical (unpaired) electrons. The highest BCUT2D eigenvalue weighted by atomic mass is 32.2. The van der Waals surface area contributed by atoms with Gasteiger partial charge in [0.1, 0.15) is 18.0 Å². The van der Waals surface area contributed by atoms with E-state index in [1.54, 1.807) is 50.8 Å². The Balaban J connectivity index is 1.64. The van der Waals surface area contributed by atoms with Crippen LogP contribution in [0.1, 0.15) is 26.3 Å².